The lowest BCUT2D eigenvalue weighted by Crippen LogP contribution is -2.08. The molecule has 0 fully saturated rings. The molecule has 2 rings (SSSR count). The van der Waals surface area contributed by atoms with E-state index in [1.165, 1.54) is 48.6 Å². The van der Waals surface area contributed by atoms with Crippen molar-refractivity contribution < 1.29 is 24.2 Å². The van der Waals surface area contributed by atoms with E-state index in [1.54, 1.807) is 0 Å². The average Bonchev–Trinajstić information content (AvgIpc) is 2.48. The number of rotatable bonds is 4. The zero-order valence-corrected chi connectivity index (χ0v) is 11.3. The molecule has 0 heterocycles. The molecule has 22 heavy (non-hydrogen) atoms. The molecule has 0 saturated heterocycles. The Morgan fingerprint density at radius 3 is 2.41 bits per heavy atom. The van der Waals surface area contributed by atoms with Crippen LogP contribution in [-0.2, 0) is 4.79 Å². The van der Waals surface area contributed by atoms with Gasteiger partial charge in [0.1, 0.15) is 17.1 Å². The maximum absolute atomic E-state index is 12.7. The van der Waals surface area contributed by atoms with Crippen molar-refractivity contribution in [1.29, 1.82) is 0 Å². The molecule has 0 aromatic heterocycles. The number of nitrogens with one attached hydrogen (secondary N) is 1. The molecule has 0 aliphatic rings. The molecule has 0 spiro atoms. The van der Waals surface area contributed by atoms with Crippen molar-refractivity contribution in [3.63, 3.8) is 0 Å². The van der Waals surface area contributed by atoms with Crippen LogP contribution >= 0.6 is 0 Å². The van der Waals surface area contributed by atoms with Gasteiger partial charge in [-0.2, -0.15) is 0 Å². The molecular formula is C16H12FNO4. The third kappa shape index (κ3) is 3.92. The lowest BCUT2D eigenvalue weighted by Gasteiger charge is -2.05. The number of halogens is 1. The molecular weight excluding hydrogens is 289 g/mol. The van der Waals surface area contributed by atoms with E-state index in [-0.39, 0.29) is 22.8 Å². The molecule has 1 amide bonds. The highest BCUT2D eigenvalue weighted by molar-refractivity contribution is 6.03. The number of amides is 1. The highest BCUT2D eigenvalue weighted by Crippen LogP contribution is 2.21. The second-order valence-electron chi connectivity index (χ2n) is 4.41. The maximum atomic E-state index is 12.7. The standard InChI is InChI=1S/C16H12FNO4/c17-11-4-1-10(2-5-11)3-8-15(20)18-12-6-7-14(19)13(9-12)16(21)22/h1-9,19H,(H,18,20)(H,21,22)/b8-3+. The lowest BCUT2D eigenvalue weighted by atomic mass is 10.1. The van der Waals surface area contributed by atoms with Gasteiger partial charge in [0.2, 0.25) is 5.91 Å². The first-order chi connectivity index (χ1) is 10.5. The van der Waals surface area contributed by atoms with Crippen LogP contribution < -0.4 is 5.32 Å². The zero-order valence-electron chi connectivity index (χ0n) is 11.3. The van der Waals surface area contributed by atoms with E-state index in [2.05, 4.69) is 5.32 Å². The summed E-state index contributed by atoms with van der Waals surface area (Å²) in [6.07, 6.45) is 2.73. The molecule has 0 aliphatic carbocycles. The number of benzene rings is 2. The Morgan fingerprint density at radius 2 is 1.77 bits per heavy atom. The number of aromatic hydroxyl groups is 1. The van der Waals surface area contributed by atoms with Crippen LogP contribution in [0.5, 0.6) is 5.75 Å². The number of hydrogen-bond acceptors (Lipinski definition) is 3. The van der Waals surface area contributed by atoms with E-state index in [9.17, 15) is 19.1 Å². The van der Waals surface area contributed by atoms with Crippen molar-refractivity contribution >= 4 is 23.6 Å². The first-order valence-electron chi connectivity index (χ1n) is 6.26. The summed E-state index contributed by atoms with van der Waals surface area (Å²) in [5.41, 5.74) is 0.581. The summed E-state index contributed by atoms with van der Waals surface area (Å²) in [5, 5.41) is 20.7. The summed E-state index contributed by atoms with van der Waals surface area (Å²) in [4.78, 5) is 22.6. The van der Waals surface area contributed by atoms with Gasteiger partial charge in [0.25, 0.3) is 0 Å². The summed E-state index contributed by atoms with van der Waals surface area (Å²) >= 11 is 0. The molecule has 0 saturated carbocycles. The minimum atomic E-state index is -1.30. The Bertz CT molecular complexity index is 738. The van der Waals surface area contributed by atoms with Gasteiger partial charge in [0, 0.05) is 11.8 Å². The Kier molecular flexibility index (Phi) is 4.53. The maximum Gasteiger partial charge on any atom is 0.339 e. The van der Waals surface area contributed by atoms with Crippen molar-refractivity contribution in [3.05, 3.63) is 65.5 Å². The smallest absolute Gasteiger partial charge is 0.339 e. The van der Waals surface area contributed by atoms with Gasteiger partial charge in [0.05, 0.1) is 0 Å². The summed E-state index contributed by atoms with van der Waals surface area (Å²) in [6, 6.07) is 9.30. The zero-order chi connectivity index (χ0) is 16.1. The number of anilines is 1. The molecule has 2 aromatic carbocycles. The summed E-state index contributed by atoms with van der Waals surface area (Å²) in [5.74, 6) is -2.53. The highest BCUT2D eigenvalue weighted by Gasteiger charge is 2.10. The highest BCUT2D eigenvalue weighted by atomic mass is 19.1. The van der Waals surface area contributed by atoms with E-state index in [1.807, 2.05) is 0 Å². The Labute approximate surface area is 125 Å². The first kappa shape index (κ1) is 15.2. The molecule has 0 bridgehead atoms. The normalized spacial score (nSPS) is 10.6. The summed E-state index contributed by atoms with van der Waals surface area (Å²) < 4.78 is 12.7. The van der Waals surface area contributed by atoms with Crippen molar-refractivity contribution in [1.82, 2.24) is 0 Å². The Balaban J connectivity index is 2.07. The van der Waals surface area contributed by atoms with Crippen LogP contribution in [0.3, 0.4) is 0 Å². The van der Waals surface area contributed by atoms with Crippen molar-refractivity contribution in [2.75, 3.05) is 5.32 Å². The van der Waals surface area contributed by atoms with E-state index in [4.69, 9.17) is 5.11 Å². The van der Waals surface area contributed by atoms with Gasteiger partial charge < -0.3 is 15.5 Å². The van der Waals surface area contributed by atoms with Gasteiger partial charge in [-0.05, 0) is 42.0 Å². The largest absolute Gasteiger partial charge is 0.507 e. The molecule has 0 radical (unpaired) electrons. The molecule has 3 N–H and O–H groups in total. The fourth-order valence-corrected chi connectivity index (χ4v) is 1.71. The van der Waals surface area contributed by atoms with Gasteiger partial charge in [-0.1, -0.05) is 12.1 Å². The van der Waals surface area contributed by atoms with Crippen molar-refractivity contribution in [2.45, 2.75) is 0 Å². The molecule has 2 aromatic rings. The third-order valence-electron chi connectivity index (χ3n) is 2.79. The minimum absolute atomic E-state index is 0.240. The van der Waals surface area contributed by atoms with E-state index in [0.29, 0.717) is 5.56 Å². The van der Waals surface area contributed by atoms with Gasteiger partial charge in [-0.3, -0.25) is 4.79 Å². The Hall–Kier alpha value is -3.15. The molecule has 5 nitrogen and oxygen atoms in total. The van der Waals surface area contributed by atoms with E-state index >= 15 is 0 Å². The number of carboxylic acid groups (broad SMARTS) is 1. The first-order valence-corrected chi connectivity index (χ1v) is 6.26. The molecule has 6 heteroatoms. The second kappa shape index (κ2) is 6.53. The number of phenols is 1. The molecule has 0 unspecified atom stereocenters. The topological polar surface area (TPSA) is 86.6 Å². The second-order valence-corrected chi connectivity index (χ2v) is 4.41. The van der Waals surface area contributed by atoms with Crippen LogP contribution in [0.4, 0.5) is 10.1 Å². The Morgan fingerprint density at radius 1 is 1.09 bits per heavy atom. The fraction of sp³-hybridized carbons (Fsp3) is 0. The third-order valence-corrected chi connectivity index (χ3v) is 2.79. The number of carbonyl (C=O) groups excluding carboxylic acids is 1. The van der Waals surface area contributed by atoms with E-state index in [0.717, 1.165) is 6.07 Å². The van der Waals surface area contributed by atoms with Gasteiger partial charge in [-0.25, -0.2) is 9.18 Å². The van der Waals surface area contributed by atoms with Crippen molar-refractivity contribution in [2.24, 2.45) is 0 Å². The number of carboxylic acids is 1. The predicted octanol–water partition coefficient (Wildman–Crippen LogP) is 2.88. The molecule has 0 atom stereocenters. The summed E-state index contributed by atoms with van der Waals surface area (Å²) in [7, 11) is 0. The molecule has 0 aliphatic heterocycles. The van der Waals surface area contributed by atoms with Gasteiger partial charge >= 0.3 is 5.97 Å². The van der Waals surface area contributed by atoms with E-state index < -0.39 is 11.9 Å². The number of aromatic carboxylic acids is 1. The van der Waals surface area contributed by atoms with Crippen LogP contribution in [0.25, 0.3) is 6.08 Å². The number of hydrogen-bond donors (Lipinski definition) is 3. The summed E-state index contributed by atoms with van der Waals surface area (Å²) in [6.45, 7) is 0. The van der Waals surface area contributed by atoms with Crippen LogP contribution in [0.2, 0.25) is 0 Å². The van der Waals surface area contributed by atoms with Crippen molar-refractivity contribution in [3.8, 4) is 5.75 Å². The number of carbonyl (C=O) groups is 2. The monoisotopic (exact) mass is 301 g/mol. The quantitative estimate of drug-likeness (QED) is 0.598. The minimum Gasteiger partial charge on any atom is -0.507 e. The van der Waals surface area contributed by atoms with Gasteiger partial charge in [-0.15, -0.1) is 0 Å². The van der Waals surface area contributed by atoms with Crippen LogP contribution in [0, 0.1) is 5.82 Å². The fourth-order valence-electron chi connectivity index (χ4n) is 1.71. The SMILES string of the molecule is O=C(/C=C/c1ccc(F)cc1)Nc1ccc(O)c(C(=O)O)c1. The average molecular weight is 301 g/mol. The predicted molar refractivity (Wildman–Crippen MR) is 79.1 cm³/mol. The lowest BCUT2D eigenvalue weighted by molar-refractivity contribution is -0.111. The van der Waals surface area contributed by atoms with Crippen LogP contribution in [0.15, 0.2) is 48.5 Å². The van der Waals surface area contributed by atoms with Crippen LogP contribution in [-0.4, -0.2) is 22.1 Å². The van der Waals surface area contributed by atoms with Crippen LogP contribution in [0.1, 0.15) is 15.9 Å². The van der Waals surface area contributed by atoms with Gasteiger partial charge in [0.15, 0.2) is 0 Å². The molecule has 112 valence electrons.